The standard InChI is InChI=1S/C9H7BrF3NO/c10-5-1-6(11)9-7(2-5)14(4-15-9)3-8(12)13/h1-2,8H,3-4H2. The van der Waals surface area contributed by atoms with Crippen molar-refractivity contribution in [1.82, 2.24) is 0 Å². The Bertz CT molecular complexity index is 386. The Balaban J connectivity index is 2.33. The van der Waals surface area contributed by atoms with Gasteiger partial charge in [-0.25, -0.2) is 13.2 Å². The summed E-state index contributed by atoms with van der Waals surface area (Å²) in [6.07, 6.45) is -2.47. The van der Waals surface area contributed by atoms with Crippen LogP contribution in [0.25, 0.3) is 0 Å². The zero-order valence-electron chi connectivity index (χ0n) is 7.51. The Morgan fingerprint density at radius 2 is 2.20 bits per heavy atom. The van der Waals surface area contributed by atoms with E-state index in [1.807, 2.05) is 0 Å². The number of fused-ring (bicyclic) bond motifs is 1. The van der Waals surface area contributed by atoms with Crippen LogP contribution in [0.1, 0.15) is 0 Å². The van der Waals surface area contributed by atoms with Crippen LogP contribution >= 0.6 is 15.9 Å². The molecule has 82 valence electrons. The summed E-state index contributed by atoms with van der Waals surface area (Å²) >= 11 is 3.10. The van der Waals surface area contributed by atoms with Gasteiger partial charge in [0.1, 0.15) is 0 Å². The van der Waals surface area contributed by atoms with Crippen molar-refractivity contribution in [3.63, 3.8) is 0 Å². The van der Waals surface area contributed by atoms with Crippen LogP contribution in [0.4, 0.5) is 18.9 Å². The lowest BCUT2D eigenvalue weighted by atomic mass is 10.2. The van der Waals surface area contributed by atoms with Crippen LogP contribution in [0.3, 0.4) is 0 Å². The molecule has 2 rings (SSSR count). The molecule has 0 amide bonds. The molecule has 1 aliphatic heterocycles. The number of anilines is 1. The van der Waals surface area contributed by atoms with Crippen molar-refractivity contribution in [3.8, 4) is 5.75 Å². The summed E-state index contributed by atoms with van der Waals surface area (Å²) in [5.41, 5.74) is 0.363. The van der Waals surface area contributed by atoms with Gasteiger partial charge in [0.15, 0.2) is 18.3 Å². The van der Waals surface area contributed by atoms with Crippen LogP contribution in [0, 0.1) is 5.82 Å². The van der Waals surface area contributed by atoms with Gasteiger partial charge in [0.25, 0.3) is 6.43 Å². The van der Waals surface area contributed by atoms with Crippen LogP contribution in [0.15, 0.2) is 16.6 Å². The number of alkyl halides is 2. The van der Waals surface area contributed by atoms with E-state index in [-0.39, 0.29) is 12.5 Å². The van der Waals surface area contributed by atoms with Gasteiger partial charge in [-0.05, 0) is 12.1 Å². The van der Waals surface area contributed by atoms with Crippen molar-refractivity contribution < 1.29 is 17.9 Å². The predicted octanol–water partition coefficient (Wildman–Crippen LogP) is 3.01. The molecule has 2 nitrogen and oxygen atoms in total. The molecular weight excluding hydrogens is 275 g/mol. The molecule has 0 aliphatic carbocycles. The van der Waals surface area contributed by atoms with E-state index in [0.717, 1.165) is 0 Å². The number of hydrogen-bond donors (Lipinski definition) is 0. The van der Waals surface area contributed by atoms with Crippen molar-refractivity contribution in [2.24, 2.45) is 0 Å². The van der Waals surface area contributed by atoms with Gasteiger partial charge in [-0.15, -0.1) is 0 Å². The second-order valence-corrected chi connectivity index (χ2v) is 4.04. The molecule has 0 atom stereocenters. The van der Waals surface area contributed by atoms with Gasteiger partial charge >= 0.3 is 0 Å². The molecule has 0 fully saturated rings. The van der Waals surface area contributed by atoms with E-state index in [9.17, 15) is 13.2 Å². The number of ether oxygens (including phenoxy) is 1. The monoisotopic (exact) mass is 281 g/mol. The number of benzene rings is 1. The average molecular weight is 282 g/mol. The van der Waals surface area contributed by atoms with Gasteiger partial charge in [-0.1, -0.05) is 15.9 Å². The third-order valence-corrected chi connectivity index (χ3v) is 2.51. The maximum absolute atomic E-state index is 13.3. The Morgan fingerprint density at radius 1 is 1.47 bits per heavy atom. The molecule has 0 spiro atoms. The maximum atomic E-state index is 13.3. The van der Waals surface area contributed by atoms with E-state index < -0.39 is 18.8 Å². The second kappa shape index (κ2) is 3.92. The smallest absolute Gasteiger partial charge is 0.255 e. The van der Waals surface area contributed by atoms with E-state index in [4.69, 9.17) is 4.74 Å². The molecular formula is C9H7BrF3NO. The van der Waals surface area contributed by atoms with Gasteiger partial charge < -0.3 is 9.64 Å². The zero-order valence-corrected chi connectivity index (χ0v) is 9.10. The molecule has 0 radical (unpaired) electrons. The minimum atomic E-state index is -2.47. The quantitative estimate of drug-likeness (QED) is 0.826. The van der Waals surface area contributed by atoms with Crippen LogP contribution in [0.2, 0.25) is 0 Å². The summed E-state index contributed by atoms with van der Waals surface area (Å²) in [5.74, 6) is -0.505. The molecule has 0 bridgehead atoms. The fourth-order valence-electron chi connectivity index (χ4n) is 1.45. The first-order valence-electron chi connectivity index (χ1n) is 4.23. The molecule has 0 unspecified atom stereocenters. The first-order valence-corrected chi connectivity index (χ1v) is 5.02. The fraction of sp³-hybridized carbons (Fsp3) is 0.333. The number of halogens is 4. The Kier molecular flexibility index (Phi) is 2.77. The highest BCUT2D eigenvalue weighted by atomic mass is 79.9. The molecule has 1 heterocycles. The summed E-state index contributed by atoms with van der Waals surface area (Å²) in [7, 11) is 0. The molecule has 1 aromatic rings. The van der Waals surface area contributed by atoms with Crippen LogP contribution in [-0.2, 0) is 0 Å². The fourth-order valence-corrected chi connectivity index (χ4v) is 1.87. The minimum absolute atomic E-state index is 0.0347. The normalized spacial score (nSPS) is 14.3. The highest BCUT2D eigenvalue weighted by molar-refractivity contribution is 9.10. The Morgan fingerprint density at radius 3 is 2.87 bits per heavy atom. The van der Waals surface area contributed by atoms with Crippen molar-refractivity contribution in [1.29, 1.82) is 0 Å². The summed E-state index contributed by atoms with van der Waals surface area (Å²) in [4.78, 5) is 1.30. The van der Waals surface area contributed by atoms with Crippen LogP contribution < -0.4 is 9.64 Å². The molecule has 0 aromatic heterocycles. The van der Waals surface area contributed by atoms with E-state index >= 15 is 0 Å². The minimum Gasteiger partial charge on any atom is -0.468 e. The van der Waals surface area contributed by atoms with E-state index in [1.54, 1.807) is 6.07 Å². The van der Waals surface area contributed by atoms with E-state index in [1.165, 1.54) is 11.0 Å². The maximum Gasteiger partial charge on any atom is 0.255 e. The molecule has 6 heteroatoms. The lowest BCUT2D eigenvalue weighted by Crippen LogP contribution is -2.27. The topological polar surface area (TPSA) is 12.5 Å². The first-order chi connectivity index (χ1) is 7.08. The highest BCUT2D eigenvalue weighted by Gasteiger charge is 2.26. The summed E-state index contributed by atoms with van der Waals surface area (Å²) in [6.45, 7) is -0.490. The van der Waals surface area contributed by atoms with Crippen molar-refractivity contribution in [3.05, 3.63) is 22.4 Å². The Hall–Kier alpha value is -0.910. The largest absolute Gasteiger partial charge is 0.468 e. The third-order valence-electron chi connectivity index (χ3n) is 2.05. The van der Waals surface area contributed by atoms with Crippen molar-refractivity contribution in [2.45, 2.75) is 6.43 Å². The van der Waals surface area contributed by atoms with Gasteiger partial charge in [0.05, 0.1) is 12.2 Å². The summed E-state index contributed by atoms with van der Waals surface area (Å²) < 4.78 is 43.1. The number of rotatable bonds is 2. The second-order valence-electron chi connectivity index (χ2n) is 3.12. The number of nitrogens with zero attached hydrogens (tertiary/aromatic N) is 1. The van der Waals surface area contributed by atoms with E-state index in [0.29, 0.717) is 10.2 Å². The van der Waals surface area contributed by atoms with Gasteiger partial charge in [0.2, 0.25) is 0 Å². The molecule has 0 N–H and O–H groups in total. The lowest BCUT2D eigenvalue weighted by molar-refractivity contribution is 0.150. The lowest BCUT2D eigenvalue weighted by Gasteiger charge is -2.15. The van der Waals surface area contributed by atoms with Crippen molar-refractivity contribution >= 4 is 21.6 Å². The molecule has 0 saturated carbocycles. The molecule has 1 aliphatic rings. The highest BCUT2D eigenvalue weighted by Crippen LogP contribution is 2.38. The Labute approximate surface area is 92.8 Å². The first kappa shape index (κ1) is 10.6. The zero-order chi connectivity index (χ0) is 11.0. The average Bonchev–Trinajstić information content (AvgIpc) is 2.48. The summed E-state index contributed by atoms with van der Waals surface area (Å²) in [5, 5.41) is 0. The van der Waals surface area contributed by atoms with Gasteiger partial charge in [-0.3, -0.25) is 0 Å². The SMILES string of the molecule is Fc1cc(Br)cc2c1OCN2CC(F)F. The summed E-state index contributed by atoms with van der Waals surface area (Å²) in [6, 6.07) is 2.80. The van der Waals surface area contributed by atoms with Crippen molar-refractivity contribution in [2.75, 3.05) is 18.2 Å². The van der Waals surface area contributed by atoms with Gasteiger partial charge in [-0.2, -0.15) is 0 Å². The predicted molar refractivity (Wildman–Crippen MR) is 52.9 cm³/mol. The van der Waals surface area contributed by atoms with Crippen LogP contribution in [-0.4, -0.2) is 19.7 Å². The molecule has 0 saturated heterocycles. The van der Waals surface area contributed by atoms with Crippen LogP contribution in [0.5, 0.6) is 5.75 Å². The molecule has 1 aromatic carbocycles. The third kappa shape index (κ3) is 2.04. The van der Waals surface area contributed by atoms with E-state index in [2.05, 4.69) is 15.9 Å². The number of hydrogen-bond acceptors (Lipinski definition) is 2. The van der Waals surface area contributed by atoms with Gasteiger partial charge in [0, 0.05) is 4.47 Å². The molecule has 15 heavy (non-hydrogen) atoms.